The van der Waals surface area contributed by atoms with Crippen molar-refractivity contribution in [2.75, 3.05) is 31.9 Å². The molecule has 1 aliphatic carbocycles. The molecule has 7 heteroatoms. The summed E-state index contributed by atoms with van der Waals surface area (Å²) in [5.41, 5.74) is 1.13. The van der Waals surface area contributed by atoms with Crippen LogP contribution in [0, 0.1) is 0 Å². The van der Waals surface area contributed by atoms with E-state index in [1.165, 1.54) is 19.3 Å². The lowest BCUT2D eigenvalue weighted by Gasteiger charge is -2.36. The molecule has 1 aromatic rings. The molecular weight excluding hydrogens is 348 g/mol. The van der Waals surface area contributed by atoms with E-state index in [-0.39, 0.29) is 11.9 Å². The van der Waals surface area contributed by atoms with Gasteiger partial charge in [-0.15, -0.1) is 11.8 Å². The second kappa shape index (κ2) is 9.80. The number of carbonyl (C=O) groups excluding carboxylic acids is 2. The van der Waals surface area contributed by atoms with E-state index in [2.05, 4.69) is 10.3 Å². The fraction of sp³-hybridized carbons (Fsp3) is 0.632. The first-order chi connectivity index (χ1) is 12.7. The van der Waals surface area contributed by atoms with Crippen LogP contribution in [0.15, 0.2) is 24.5 Å². The Kier molecular flexibility index (Phi) is 7.17. The normalized spacial score (nSPS) is 18.6. The van der Waals surface area contributed by atoms with Gasteiger partial charge in [-0.25, -0.2) is 4.79 Å². The molecule has 1 saturated heterocycles. The maximum atomic E-state index is 12.4. The van der Waals surface area contributed by atoms with Gasteiger partial charge in [-0.05, 0) is 24.5 Å². The Labute approximate surface area is 159 Å². The zero-order chi connectivity index (χ0) is 18.2. The Morgan fingerprint density at radius 3 is 2.54 bits per heavy atom. The fourth-order valence-corrected chi connectivity index (χ4v) is 4.37. The number of nitrogens with one attached hydrogen (secondary N) is 1. The van der Waals surface area contributed by atoms with E-state index in [0.717, 1.165) is 24.2 Å². The molecule has 2 aliphatic rings. The predicted octanol–water partition coefficient (Wildman–Crippen LogP) is 2.50. The minimum absolute atomic E-state index is 0.0370. The average Bonchev–Trinajstić information content (AvgIpc) is 2.69. The largest absolute Gasteiger partial charge is 0.338 e. The predicted molar refractivity (Wildman–Crippen MR) is 104 cm³/mol. The molecule has 1 aliphatic heterocycles. The number of piperazine rings is 1. The van der Waals surface area contributed by atoms with Gasteiger partial charge in [-0.2, -0.15) is 0 Å². The van der Waals surface area contributed by atoms with Crippen molar-refractivity contribution in [1.29, 1.82) is 0 Å². The zero-order valence-corrected chi connectivity index (χ0v) is 16.0. The van der Waals surface area contributed by atoms with Crippen LogP contribution in [0.25, 0.3) is 0 Å². The summed E-state index contributed by atoms with van der Waals surface area (Å²) in [7, 11) is 0. The number of hydrogen-bond donors (Lipinski definition) is 1. The molecule has 0 unspecified atom stereocenters. The van der Waals surface area contributed by atoms with Crippen LogP contribution in [0.2, 0.25) is 0 Å². The fourth-order valence-electron chi connectivity index (χ4n) is 3.50. The molecule has 142 valence electrons. The van der Waals surface area contributed by atoms with Crippen molar-refractivity contribution in [3.8, 4) is 0 Å². The van der Waals surface area contributed by atoms with E-state index >= 15 is 0 Å². The van der Waals surface area contributed by atoms with Gasteiger partial charge in [0, 0.05) is 50.4 Å². The number of urea groups is 1. The first-order valence-corrected chi connectivity index (χ1v) is 10.7. The first-order valence-electron chi connectivity index (χ1n) is 9.52. The third-order valence-electron chi connectivity index (χ3n) is 5.07. The highest BCUT2D eigenvalue weighted by atomic mass is 32.2. The van der Waals surface area contributed by atoms with Crippen molar-refractivity contribution in [1.82, 2.24) is 20.1 Å². The van der Waals surface area contributed by atoms with Gasteiger partial charge in [0.15, 0.2) is 0 Å². The van der Waals surface area contributed by atoms with E-state index in [1.807, 2.05) is 28.1 Å². The molecule has 1 N–H and O–H groups in total. The molecule has 1 saturated carbocycles. The molecule has 0 aromatic carbocycles. The van der Waals surface area contributed by atoms with Crippen molar-refractivity contribution < 1.29 is 9.59 Å². The van der Waals surface area contributed by atoms with E-state index in [0.29, 0.717) is 38.0 Å². The van der Waals surface area contributed by atoms with Gasteiger partial charge < -0.3 is 15.1 Å². The van der Waals surface area contributed by atoms with Gasteiger partial charge in [0.25, 0.3) is 0 Å². The van der Waals surface area contributed by atoms with Gasteiger partial charge in [-0.3, -0.25) is 9.78 Å². The minimum Gasteiger partial charge on any atom is -0.338 e. The first kappa shape index (κ1) is 19.0. The van der Waals surface area contributed by atoms with Crippen molar-refractivity contribution in [3.05, 3.63) is 30.1 Å². The third-order valence-corrected chi connectivity index (χ3v) is 6.06. The number of amides is 3. The number of carbonyl (C=O) groups is 2. The summed E-state index contributed by atoms with van der Waals surface area (Å²) in [6.07, 6.45) is 9.49. The van der Waals surface area contributed by atoms with Crippen LogP contribution in [0.1, 0.15) is 37.7 Å². The summed E-state index contributed by atoms with van der Waals surface area (Å²) < 4.78 is 0. The number of nitrogens with zero attached hydrogens (tertiary/aromatic N) is 3. The van der Waals surface area contributed by atoms with Crippen molar-refractivity contribution in [2.24, 2.45) is 0 Å². The van der Waals surface area contributed by atoms with Crippen LogP contribution in [0.4, 0.5) is 4.79 Å². The lowest BCUT2D eigenvalue weighted by Crippen LogP contribution is -2.55. The molecule has 3 amide bonds. The summed E-state index contributed by atoms with van der Waals surface area (Å²) in [5.74, 6) is 1.43. The standard InChI is InChI=1S/C19H28N4O2S/c24-18(15-26-14-16-5-4-8-20-13-16)22-9-11-23(12-10-22)19(25)21-17-6-2-1-3-7-17/h4-5,8,13,17H,1-3,6-7,9-12,14-15H2,(H,21,25). The lowest BCUT2D eigenvalue weighted by molar-refractivity contribution is -0.129. The van der Waals surface area contributed by atoms with Crippen molar-refractivity contribution >= 4 is 23.7 Å². The average molecular weight is 377 g/mol. The highest BCUT2D eigenvalue weighted by Crippen LogP contribution is 2.18. The molecule has 0 radical (unpaired) electrons. The zero-order valence-electron chi connectivity index (χ0n) is 15.2. The summed E-state index contributed by atoms with van der Waals surface area (Å²) in [6.45, 7) is 2.50. The second-order valence-electron chi connectivity index (χ2n) is 7.01. The Hall–Kier alpha value is -1.76. The topological polar surface area (TPSA) is 65.5 Å². The van der Waals surface area contributed by atoms with Gasteiger partial charge in [0.05, 0.1) is 5.75 Å². The molecule has 3 rings (SSSR count). The van der Waals surface area contributed by atoms with E-state index in [4.69, 9.17) is 0 Å². The quantitative estimate of drug-likeness (QED) is 0.857. The summed E-state index contributed by atoms with van der Waals surface area (Å²) in [4.78, 5) is 32.5. The van der Waals surface area contributed by atoms with Gasteiger partial charge >= 0.3 is 6.03 Å². The Morgan fingerprint density at radius 2 is 1.85 bits per heavy atom. The van der Waals surface area contributed by atoms with Gasteiger partial charge in [-0.1, -0.05) is 25.3 Å². The SMILES string of the molecule is O=C(CSCc1cccnc1)N1CCN(C(=O)NC2CCCCC2)CC1. The molecule has 0 spiro atoms. The molecule has 0 atom stereocenters. The highest BCUT2D eigenvalue weighted by molar-refractivity contribution is 7.99. The van der Waals surface area contributed by atoms with Crippen LogP contribution >= 0.6 is 11.8 Å². The van der Waals surface area contributed by atoms with Crippen molar-refractivity contribution in [3.63, 3.8) is 0 Å². The number of pyridine rings is 1. The summed E-state index contributed by atoms with van der Waals surface area (Å²) in [5, 5.41) is 3.16. The molecule has 26 heavy (non-hydrogen) atoms. The summed E-state index contributed by atoms with van der Waals surface area (Å²) in [6, 6.07) is 4.30. The number of rotatable bonds is 5. The molecule has 2 fully saturated rings. The smallest absolute Gasteiger partial charge is 0.317 e. The van der Waals surface area contributed by atoms with Gasteiger partial charge in [0.2, 0.25) is 5.91 Å². The van der Waals surface area contributed by atoms with Gasteiger partial charge in [0.1, 0.15) is 0 Å². The molecule has 2 heterocycles. The third kappa shape index (κ3) is 5.62. The van der Waals surface area contributed by atoms with E-state index in [1.54, 1.807) is 18.0 Å². The minimum atomic E-state index is 0.0370. The van der Waals surface area contributed by atoms with Crippen LogP contribution in [0.3, 0.4) is 0 Å². The number of thioether (sulfide) groups is 1. The highest BCUT2D eigenvalue weighted by Gasteiger charge is 2.25. The maximum absolute atomic E-state index is 12.4. The van der Waals surface area contributed by atoms with Crippen LogP contribution in [-0.4, -0.2) is 64.7 Å². The summed E-state index contributed by atoms with van der Waals surface area (Å²) >= 11 is 1.61. The molecule has 6 nitrogen and oxygen atoms in total. The molecule has 1 aromatic heterocycles. The van der Waals surface area contributed by atoms with E-state index in [9.17, 15) is 9.59 Å². The Morgan fingerprint density at radius 1 is 1.12 bits per heavy atom. The Balaban J connectivity index is 1.34. The monoisotopic (exact) mass is 376 g/mol. The number of aromatic nitrogens is 1. The molecule has 0 bridgehead atoms. The maximum Gasteiger partial charge on any atom is 0.317 e. The number of hydrogen-bond acceptors (Lipinski definition) is 4. The van der Waals surface area contributed by atoms with Crippen molar-refractivity contribution in [2.45, 2.75) is 43.9 Å². The van der Waals surface area contributed by atoms with Crippen LogP contribution in [0.5, 0.6) is 0 Å². The lowest BCUT2D eigenvalue weighted by atomic mass is 9.96. The Bertz CT molecular complexity index is 584. The van der Waals surface area contributed by atoms with Crippen LogP contribution in [-0.2, 0) is 10.5 Å². The molecular formula is C19H28N4O2S. The van der Waals surface area contributed by atoms with Crippen LogP contribution < -0.4 is 5.32 Å². The van der Waals surface area contributed by atoms with E-state index < -0.39 is 0 Å². The second-order valence-corrected chi connectivity index (χ2v) is 7.99.